The first-order valence-corrected chi connectivity index (χ1v) is 5.08. The van der Waals surface area contributed by atoms with Crippen molar-refractivity contribution < 1.29 is 14.3 Å². The van der Waals surface area contributed by atoms with Crippen LogP contribution in [0.2, 0.25) is 0 Å². The molecule has 5 nitrogen and oxygen atoms in total. The van der Waals surface area contributed by atoms with E-state index >= 15 is 0 Å². The molecular formula is C12H16N2O3. The highest BCUT2D eigenvalue weighted by molar-refractivity contribution is 5.89. The Hall–Kier alpha value is -2.17. The number of ether oxygens (including phenoxy) is 2. The van der Waals surface area contributed by atoms with Gasteiger partial charge in [0, 0.05) is 30.4 Å². The molecule has 0 aliphatic rings. The van der Waals surface area contributed by atoms with Crippen LogP contribution in [0, 0.1) is 0 Å². The molecule has 1 aromatic carbocycles. The van der Waals surface area contributed by atoms with Crippen LogP contribution in [0.4, 0.5) is 10.5 Å². The van der Waals surface area contributed by atoms with Gasteiger partial charge in [-0.2, -0.15) is 0 Å². The molecule has 0 atom stereocenters. The highest BCUT2D eigenvalue weighted by atomic mass is 16.5. The Labute approximate surface area is 100 Å². The Balaban J connectivity index is 2.75. The number of nitrogens with one attached hydrogen (secondary N) is 2. The molecule has 0 bridgehead atoms. The van der Waals surface area contributed by atoms with E-state index in [1.54, 1.807) is 38.5 Å². The maximum Gasteiger partial charge on any atom is 0.319 e. The number of carbonyl (C=O) groups excluding carboxylic acids is 1. The molecule has 1 aromatic rings. The van der Waals surface area contributed by atoms with Crippen LogP contribution < -0.4 is 20.1 Å². The summed E-state index contributed by atoms with van der Waals surface area (Å²) in [6.45, 7) is 3.92. The van der Waals surface area contributed by atoms with Gasteiger partial charge in [0.25, 0.3) is 0 Å². The van der Waals surface area contributed by atoms with Crippen LogP contribution in [0.5, 0.6) is 11.5 Å². The molecule has 1 rings (SSSR count). The number of hydrogen-bond donors (Lipinski definition) is 2. The number of anilines is 1. The maximum atomic E-state index is 11.4. The van der Waals surface area contributed by atoms with Crippen LogP contribution in [0.3, 0.4) is 0 Å². The van der Waals surface area contributed by atoms with Gasteiger partial charge in [-0.25, -0.2) is 4.79 Å². The number of carbonyl (C=O) groups is 1. The van der Waals surface area contributed by atoms with E-state index < -0.39 is 0 Å². The average molecular weight is 236 g/mol. The van der Waals surface area contributed by atoms with Crippen LogP contribution in [0.15, 0.2) is 30.9 Å². The van der Waals surface area contributed by atoms with E-state index in [9.17, 15) is 4.79 Å². The molecular weight excluding hydrogens is 220 g/mol. The fourth-order valence-corrected chi connectivity index (χ4v) is 1.22. The van der Waals surface area contributed by atoms with E-state index in [0.29, 0.717) is 23.7 Å². The van der Waals surface area contributed by atoms with Gasteiger partial charge >= 0.3 is 6.03 Å². The topological polar surface area (TPSA) is 59.6 Å². The molecule has 0 unspecified atom stereocenters. The lowest BCUT2D eigenvalue weighted by Crippen LogP contribution is -2.28. The zero-order valence-electron chi connectivity index (χ0n) is 9.95. The molecule has 0 aliphatic carbocycles. The van der Waals surface area contributed by atoms with Crippen molar-refractivity contribution in [3.05, 3.63) is 30.9 Å². The third-order valence-corrected chi connectivity index (χ3v) is 2.02. The molecule has 2 amide bonds. The molecule has 5 heteroatoms. The minimum absolute atomic E-state index is 0.305. The molecule has 17 heavy (non-hydrogen) atoms. The molecule has 92 valence electrons. The summed E-state index contributed by atoms with van der Waals surface area (Å²) < 4.78 is 10.2. The highest BCUT2D eigenvalue weighted by Gasteiger charge is 2.04. The minimum Gasteiger partial charge on any atom is -0.497 e. The highest BCUT2D eigenvalue weighted by Crippen LogP contribution is 2.25. The number of urea groups is 1. The molecule has 0 aromatic heterocycles. The average Bonchev–Trinajstić information content (AvgIpc) is 2.35. The Morgan fingerprint density at radius 3 is 2.35 bits per heavy atom. The van der Waals surface area contributed by atoms with Crippen LogP contribution in [-0.2, 0) is 0 Å². The smallest absolute Gasteiger partial charge is 0.319 e. The van der Waals surface area contributed by atoms with Crippen LogP contribution >= 0.6 is 0 Å². The second-order valence-corrected chi connectivity index (χ2v) is 3.23. The number of benzene rings is 1. The van der Waals surface area contributed by atoms with Gasteiger partial charge in [0.15, 0.2) is 0 Å². The molecule has 0 saturated heterocycles. The summed E-state index contributed by atoms with van der Waals surface area (Å²) in [6, 6.07) is 4.83. The van der Waals surface area contributed by atoms with E-state index in [1.807, 2.05) is 0 Å². The summed E-state index contributed by atoms with van der Waals surface area (Å²) >= 11 is 0. The zero-order chi connectivity index (χ0) is 12.7. The van der Waals surface area contributed by atoms with Crippen molar-refractivity contribution in [1.82, 2.24) is 5.32 Å². The summed E-state index contributed by atoms with van der Waals surface area (Å²) in [5, 5.41) is 5.27. The Morgan fingerprint density at radius 2 is 1.88 bits per heavy atom. The normalized spacial score (nSPS) is 9.29. The van der Waals surface area contributed by atoms with Crippen molar-refractivity contribution in [1.29, 1.82) is 0 Å². The molecule has 0 saturated carbocycles. The van der Waals surface area contributed by atoms with E-state index in [-0.39, 0.29) is 6.03 Å². The van der Waals surface area contributed by atoms with Gasteiger partial charge in [0.2, 0.25) is 0 Å². The Kier molecular flexibility index (Phi) is 4.87. The minimum atomic E-state index is -0.305. The van der Waals surface area contributed by atoms with Crippen molar-refractivity contribution in [2.24, 2.45) is 0 Å². The first kappa shape index (κ1) is 12.9. The van der Waals surface area contributed by atoms with E-state index in [4.69, 9.17) is 9.47 Å². The van der Waals surface area contributed by atoms with Gasteiger partial charge in [-0.15, -0.1) is 6.58 Å². The Morgan fingerprint density at radius 1 is 1.29 bits per heavy atom. The number of hydrogen-bond acceptors (Lipinski definition) is 3. The van der Waals surface area contributed by atoms with E-state index in [2.05, 4.69) is 17.2 Å². The van der Waals surface area contributed by atoms with Crippen LogP contribution in [0.25, 0.3) is 0 Å². The van der Waals surface area contributed by atoms with Crippen molar-refractivity contribution in [2.75, 3.05) is 26.1 Å². The lowest BCUT2D eigenvalue weighted by atomic mass is 10.3. The van der Waals surface area contributed by atoms with Crippen LogP contribution in [0.1, 0.15) is 0 Å². The third kappa shape index (κ3) is 4.06. The summed E-state index contributed by atoms with van der Waals surface area (Å²) in [5.74, 6) is 1.23. The number of rotatable bonds is 5. The van der Waals surface area contributed by atoms with Gasteiger partial charge < -0.3 is 20.1 Å². The predicted molar refractivity (Wildman–Crippen MR) is 66.8 cm³/mol. The van der Waals surface area contributed by atoms with E-state index in [1.165, 1.54) is 0 Å². The second-order valence-electron chi connectivity index (χ2n) is 3.23. The summed E-state index contributed by atoms with van der Waals surface area (Å²) in [4.78, 5) is 11.4. The molecule has 0 heterocycles. The van der Waals surface area contributed by atoms with Gasteiger partial charge in [-0.1, -0.05) is 6.08 Å². The van der Waals surface area contributed by atoms with Gasteiger partial charge in [-0.05, 0) is 0 Å². The monoisotopic (exact) mass is 236 g/mol. The lowest BCUT2D eigenvalue weighted by molar-refractivity contribution is 0.253. The molecule has 0 spiro atoms. The van der Waals surface area contributed by atoms with Crippen molar-refractivity contribution in [3.8, 4) is 11.5 Å². The molecule has 2 N–H and O–H groups in total. The molecule has 0 fully saturated rings. The van der Waals surface area contributed by atoms with Gasteiger partial charge in [0.05, 0.1) is 14.2 Å². The summed E-state index contributed by atoms with van der Waals surface area (Å²) in [7, 11) is 3.10. The fraction of sp³-hybridized carbons (Fsp3) is 0.250. The number of methoxy groups -OCH3 is 2. The largest absolute Gasteiger partial charge is 0.497 e. The third-order valence-electron chi connectivity index (χ3n) is 2.02. The zero-order valence-corrected chi connectivity index (χ0v) is 9.95. The summed E-state index contributed by atoms with van der Waals surface area (Å²) in [6.07, 6.45) is 1.60. The van der Waals surface area contributed by atoms with Crippen molar-refractivity contribution in [3.63, 3.8) is 0 Å². The predicted octanol–water partition coefficient (Wildman–Crippen LogP) is 2.01. The fourth-order valence-electron chi connectivity index (χ4n) is 1.22. The van der Waals surface area contributed by atoms with Gasteiger partial charge in [-0.3, -0.25) is 0 Å². The summed E-state index contributed by atoms with van der Waals surface area (Å²) in [5.41, 5.74) is 0.600. The first-order valence-electron chi connectivity index (χ1n) is 5.08. The maximum absolute atomic E-state index is 11.4. The lowest BCUT2D eigenvalue weighted by Gasteiger charge is -2.10. The first-order chi connectivity index (χ1) is 8.19. The molecule has 0 aliphatic heterocycles. The number of amides is 2. The van der Waals surface area contributed by atoms with E-state index in [0.717, 1.165) is 0 Å². The van der Waals surface area contributed by atoms with Crippen molar-refractivity contribution >= 4 is 11.7 Å². The van der Waals surface area contributed by atoms with Gasteiger partial charge in [0.1, 0.15) is 11.5 Å². The Bertz CT molecular complexity index is 382. The molecule has 0 radical (unpaired) electrons. The quantitative estimate of drug-likeness (QED) is 0.769. The second kappa shape index (κ2) is 6.42. The van der Waals surface area contributed by atoms with Crippen molar-refractivity contribution in [2.45, 2.75) is 0 Å². The SMILES string of the molecule is C=CCNC(=O)Nc1cc(OC)cc(OC)c1. The standard InChI is InChI=1S/C12H16N2O3/c1-4-5-13-12(15)14-9-6-10(16-2)8-11(7-9)17-3/h4,6-8H,1,5H2,2-3H3,(H2,13,14,15). The van der Waals surface area contributed by atoms with Crippen LogP contribution in [-0.4, -0.2) is 26.8 Å².